The number of anilines is 1. The van der Waals surface area contributed by atoms with Crippen LogP contribution in [0.1, 0.15) is 28.8 Å². The molecule has 166 valence electrons. The normalized spacial score (nSPS) is 16.5. The molecule has 2 aliphatic heterocycles. The highest BCUT2D eigenvalue weighted by Crippen LogP contribution is 2.29. The van der Waals surface area contributed by atoms with Crippen molar-refractivity contribution in [2.24, 2.45) is 0 Å². The maximum Gasteiger partial charge on any atom is 0.253 e. The Kier molecular flexibility index (Phi) is 6.41. The zero-order valence-corrected chi connectivity index (χ0v) is 18.8. The van der Waals surface area contributed by atoms with E-state index in [1.165, 1.54) is 0 Å². The summed E-state index contributed by atoms with van der Waals surface area (Å²) in [5.41, 5.74) is 2.97. The first-order valence-corrected chi connectivity index (χ1v) is 12.1. The number of thioether (sulfide) groups is 1. The first-order chi connectivity index (χ1) is 15.8. The highest BCUT2D eigenvalue weighted by atomic mass is 32.2. The number of para-hydroxylation sites is 1. The van der Waals surface area contributed by atoms with Crippen molar-refractivity contribution >= 4 is 23.6 Å². The van der Waals surface area contributed by atoms with Gasteiger partial charge in [-0.3, -0.25) is 9.36 Å². The monoisotopic (exact) mass is 449 g/mol. The van der Waals surface area contributed by atoms with Gasteiger partial charge in [-0.05, 0) is 42.7 Å². The summed E-state index contributed by atoms with van der Waals surface area (Å²) in [6.07, 6.45) is 2.21. The predicted octanol–water partition coefficient (Wildman–Crippen LogP) is 3.63. The largest absolute Gasteiger partial charge is 0.378 e. The number of carbonyl (C=O) groups is 1. The molecule has 1 amide bonds. The van der Waals surface area contributed by atoms with Gasteiger partial charge in [0.15, 0.2) is 5.16 Å². The minimum Gasteiger partial charge on any atom is -0.378 e. The zero-order valence-electron chi connectivity index (χ0n) is 18.0. The van der Waals surface area contributed by atoms with Gasteiger partial charge in [0.05, 0.1) is 18.9 Å². The van der Waals surface area contributed by atoms with E-state index >= 15 is 0 Å². The molecule has 2 aliphatic rings. The molecular weight excluding hydrogens is 422 g/mol. The van der Waals surface area contributed by atoms with Crippen molar-refractivity contribution in [3.8, 4) is 5.69 Å². The molecule has 0 unspecified atom stereocenters. The highest BCUT2D eigenvalue weighted by Gasteiger charge is 2.22. The van der Waals surface area contributed by atoms with E-state index in [2.05, 4.69) is 31.8 Å². The number of nitrogens with zero attached hydrogens (tertiary/aromatic N) is 5. The number of likely N-dealkylation sites (tertiary alicyclic amines) is 1. The van der Waals surface area contributed by atoms with E-state index in [1.54, 1.807) is 11.8 Å². The Balaban J connectivity index is 1.33. The minimum absolute atomic E-state index is 0.140. The molecule has 0 spiro atoms. The number of carbonyl (C=O) groups excluding carboxylic acids is 1. The Bertz CT molecular complexity index is 1040. The summed E-state index contributed by atoms with van der Waals surface area (Å²) < 4.78 is 7.63. The second kappa shape index (κ2) is 9.75. The second-order valence-electron chi connectivity index (χ2n) is 8.04. The quantitative estimate of drug-likeness (QED) is 0.536. The molecule has 2 saturated heterocycles. The first kappa shape index (κ1) is 21.0. The predicted molar refractivity (Wildman–Crippen MR) is 126 cm³/mol. The number of morpholine rings is 1. The van der Waals surface area contributed by atoms with Crippen LogP contribution in [0.25, 0.3) is 5.69 Å². The number of ether oxygens (including phenoxy) is 1. The molecule has 32 heavy (non-hydrogen) atoms. The maximum atomic E-state index is 12.6. The number of hydrogen-bond acceptors (Lipinski definition) is 6. The van der Waals surface area contributed by atoms with Gasteiger partial charge in [0, 0.05) is 37.5 Å². The van der Waals surface area contributed by atoms with E-state index in [9.17, 15) is 4.79 Å². The number of amides is 1. The molecule has 3 heterocycles. The van der Waals surface area contributed by atoms with E-state index in [-0.39, 0.29) is 5.91 Å². The van der Waals surface area contributed by atoms with Gasteiger partial charge in [-0.25, -0.2) is 0 Å². The van der Waals surface area contributed by atoms with Gasteiger partial charge in [0.2, 0.25) is 5.95 Å². The van der Waals surface area contributed by atoms with Crippen molar-refractivity contribution in [2.45, 2.75) is 23.8 Å². The molecule has 2 aromatic carbocycles. The van der Waals surface area contributed by atoms with E-state index in [4.69, 9.17) is 4.74 Å². The average Bonchev–Trinajstić information content (AvgIpc) is 3.54. The third kappa shape index (κ3) is 4.52. The first-order valence-electron chi connectivity index (χ1n) is 11.1. The van der Waals surface area contributed by atoms with Crippen LogP contribution in [0.4, 0.5) is 5.95 Å². The van der Waals surface area contributed by atoms with Crippen molar-refractivity contribution in [3.63, 3.8) is 0 Å². The van der Waals surface area contributed by atoms with Crippen molar-refractivity contribution in [1.82, 2.24) is 19.7 Å². The Hall–Kier alpha value is -2.84. The molecule has 0 atom stereocenters. The van der Waals surface area contributed by atoms with E-state index < -0.39 is 0 Å². The molecule has 0 saturated carbocycles. The highest BCUT2D eigenvalue weighted by molar-refractivity contribution is 7.98. The molecule has 3 aromatic rings. The lowest BCUT2D eigenvalue weighted by atomic mass is 10.1. The summed E-state index contributed by atoms with van der Waals surface area (Å²) in [6, 6.07) is 18.2. The fourth-order valence-corrected chi connectivity index (χ4v) is 5.02. The molecule has 1 aromatic heterocycles. The Morgan fingerprint density at radius 3 is 2.34 bits per heavy atom. The third-order valence-corrected chi connectivity index (χ3v) is 6.89. The Morgan fingerprint density at radius 1 is 0.906 bits per heavy atom. The van der Waals surface area contributed by atoms with Gasteiger partial charge in [-0.1, -0.05) is 42.1 Å². The van der Waals surface area contributed by atoms with Crippen LogP contribution in [0.5, 0.6) is 0 Å². The minimum atomic E-state index is 0.140. The standard InChI is InChI=1S/C24H27N5O2S/c30-22(27-12-4-5-13-27)20-10-8-19(9-11-20)18-32-24-26-25-23(28-14-16-31-17-15-28)29(24)21-6-2-1-3-7-21/h1-3,6-11H,4-5,12-18H2. The van der Waals surface area contributed by atoms with Crippen molar-refractivity contribution in [1.29, 1.82) is 0 Å². The van der Waals surface area contributed by atoms with Gasteiger partial charge in [-0.15, -0.1) is 10.2 Å². The summed E-state index contributed by atoms with van der Waals surface area (Å²) >= 11 is 1.66. The molecule has 0 N–H and O–H groups in total. The smallest absolute Gasteiger partial charge is 0.253 e. The lowest BCUT2D eigenvalue weighted by molar-refractivity contribution is 0.0793. The van der Waals surface area contributed by atoms with Crippen LogP contribution < -0.4 is 4.90 Å². The number of hydrogen-bond donors (Lipinski definition) is 0. The molecule has 7 nitrogen and oxygen atoms in total. The Labute approximate surface area is 192 Å². The van der Waals surface area contributed by atoms with Crippen LogP contribution in [0.2, 0.25) is 0 Å². The van der Waals surface area contributed by atoms with Crippen molar-refractivity contribution < 1.29 is 9.53 Å². The summed E-state index contributed by atoms with van der Waals surface area (Å²) in [5.74, 6) is 1.75. The van der Waals surface area contributed by atoms with Crippen LogP contribution in [-0.2, 0) is 10.5 Å². The number of aromatic nitrogens is 3. The van der Waals surface area contributed by atoms with Crippen LogP contribution in [0.15, 0.2) is 59.8 Å². The molecule has 0 bridgehead atoms. The SMILES string of the molecule is O=C(c1ccc(CSc2nnc(N3CCOCC3)n2-c2ccccc2)cc1)N1CCCC1. The van der Waals surface area contributed by atoms with E-state index in [1.807, 2.05) is 47.4 Å². The van der Waals surface area contributed by atoms with E-state index in [0.29, 0.717) is 13.2 Å². The zero-order chi connectivity index (χ0) is 21.8. The van der Waals surface area contributed by atoms with Crippen LogP contribution in [0.3, 0.4) is 0 Å². The maximum absolute atomic E-state index is 12.6. The summed E-state index contributed by atoms with van der Waals surface area (Å²) in [6.45, 7) is 4.76. The van der Waals surface area contributed by atoms with Gasteiger partial charge in [-0.2, -0.15) is 0 Å². The average molecular weight is 450 g/mol. The van der Waals surface area contributed by atoms with Gasteiger partial charge in [0.1, 0.15) is 0 Å². The van der Waals surface area contributed by atoms with Crippen molar-refractivity contribution in [3.05, 3.63) is 65.7 Å². The lowest BCUT2D eigenvalue weighted by Crippen LogP contribution is -2.37. The van der Waals surface area contributed by atoms with Gasteiger partial charge >= 0.3 is 0 Å². The summed E-state index contributed by atoms with van der Waals surface area (Å²) in [4.78, 5) is 16.7. The van der Waals surface area contributed by atoms with Crippen LogP contribution in [0, 0.1) is 0 Å². The van der Waals surface area contributed by atoms with Gasteiger partial charge < -0.3 is 14.5 Å². The van der Waals surface area contributed by atoms with Gasteiger partial charge in [0.25, 0.3) is 5.91 Å². The Morgan fingerprint density at radius 2 is 1.62 bits per heavy atom. The van der Waals surface area contributed by atoms with Crippen LogP contribution in [-0.4, -0.2) is 65.0 Å². The molecule has 5 rings (SSSR count). The number of rotatable bonds is 6. The molecule has 8 heteroatoms. The molecule has 0 radical (unpaired) electrons. The number of benzene rings is 2. The van der Waals surface area contributed by atoms with E-state index in [0.717, 1.165) is 72.7 Å². The van der Waals surface area contributed by atoms with Crippen molar-refractivity contribution in [2.75, 3.05) is 44.3 Å². The lowest BCUT2D eigenvalue weighted by Gasteiger charge is -2.27. The fraction of sp³-hybridized carbons (Fsp3) is 0.375. The third-order valence-electron chi connectivity index (χ3n) is 5.89. The summed E-state index contributed by atoms with van der Waals surface area (Å²) in [5, 5.41) is 9.89. The molecule has 2 fully saturated rings. The second-order valence-corrected chi connectivity index (χ2v) is 8.98. The molecular formula is C24H27N5O2S. The fourth-order valence-electron chi connectivity index (χ4n) is 4.12. The molecule has 0 aliphatic carbocycles. The topological polar surface area (TPSA) is 63.5 Å². The summed E-state index contributed by atoms with van der Waals surface area (Å²) in [7, 11) is 0. The van der Waals surface area contributed by atoms with Crippen LogP contribution >= 0.6 is 11.8 Å².